The maximum absolute atomic E-state index is 11.9. The molecular formula is C13H27ClN2O. The van der Waals surface area contributed by atoms with Gasteiger partial charge in [-0.3, -0.25) is 4.79 Å². The molecular weight excluding hydrogens is 236 g/mol. The average Bonchev–Trinajstić information content (AvgIpc) is 2.14. The van der Waals surface area contributed by atoms with Crippen molar-refractivity contribution in [2.75, 3.05) is 13.1 Å². The van der Waals surface area contributed by atoms with Crippen LogP contribution in [0, 0.1) is 17.8 Å². The van der Waals surface area contributed by atoms with E-state index in [9.17, 15) is 4.79 Å². The molecule has 0 aliphatic carbocycles. The fourth-order valence-corrected chi connectivity index (χ4v) is 2.08. The molecule has 0 saturated carbocycles. The Kier molecular flexibility index (Phi) is 7.80. The lowest BCUT2D eigenvalue weighted by Gasteiger charge is -2.32. The van der Waals surface area contributed by atoms with Crippen LogP contribution in [-0.2, 0) is 4.79 Å². The highest BCUT2D eigenvalue weighted by Gasteiger charge is 2.29. The van der Waals surface area contributed by atoms with Crippen molar-refractivity contribution in [2.24, 2.45) is 17.8 Å². The lowest BCUT2D eigenvalue weighted by Crippen LogP contribution is -2.50. The van der Waals surface area contributed by atoms with Gasteiger partial charge in [-0.15, -0.1) is 12.4 Å². The van der Waals surface area contributed by atoms with Crippen LogP contribution in [-0.4, -0.2) is 25.0 Å². The van der Waals surface area contributed by atoms with E-state index < -0.39 is 0 Å². The highest BCUT2D eigenvalue weighted by atomic mass is 35.5. The molecule has 4 heteroatoms. The molecule has 0 aromatic heterocycles. The first-order chi connectivity index (χ1) is 7.54. The Balaban J connectivity index is 0.00000256. The van der Waals surface area contributed by atoms with Crippen LogP contribution in [0.25, 0.3) is 0 Å². The first-order valence-corrected chi connectivity index (χ1v) is 6.55. The number of amides is 1. The molecule has 2 N–H and O–H groups in total. The highest BCUT2D eigenvalue weighted by Crippen LogP contribution is 2.17. The van der Waals surface area contributed by atoms with Gasteiger partial charge in [-0.1, -0.05) is 27.2 Å². The predicted molar refractivity (Wildman–Crippen MR) is 74.4 cm³/mol. The lowest BCUT2D eigenvalue weighted by atomic mass is 9.88. The second-order valence-electron chi connectivity index (χ2n) is 5.37. The monoisotopic (exact) mass is 262 g/mol. The minimum Gasteiger partial charge on any atom is -0.353 e. The van der Waals surface area contributed by atoms with E-state index in [-0.39, 0.29) is 24.2 Å². The summed E-state index contributed by atoms with van der Waals surface area (Å²) in [5.41, 5.74) is 0. The third kappa shape index (κ3) is 5.26. The van der Waals surface area contributed by atoms with Crippen LogP contribution in [0.3, 0.4) is 0 Å². The van der Waals surface area contributed by atoms with Crippen molar-refractivity contribution in [3.8, 4) is 0 Å². The summed E-state index contributed by atoms with van der Waals surface area (Å²) in [6.07, 6.45) is 2.26. The zero-order valence-corrected chi connectivity index (χ0v) is 12.3. The van der Waals surface area contributed by atoms with E-state index in [1.165, 1.54) is 6.42 Å². The van der Waals surface area contributed by atoms with Crippen molar-refractivity contribution < 1.29 is 4.79 Å². The SMILES string of the molecule is CCC(C)CC(C)NC(=O)C(C)C1CNC1.Cl. The summed E-state index contributed by atoms with van der Waals surface area (Å²) in [4.78, 5) is 11.9. The van der Waals surface area contributed by atoms with Crippen molar-refractivity contribution >= 4 is 18.3 Å². The Morgan fingerprint density at radius 3 is 2.35 bits per heavy atom. The molecule has 0 aromatic rings. The summed E-state index contributed by atoms with van der Waals surface area (Å²) in [5.74, 6) is 1.61. The van der Waals surface area contributed by atoms with Gasteiger partial charge in [0.1, 0.15) is 0 Å². The maximum Gasteiger partial charge on any atom is 0.223 e. The molecule has 1 aliphatic rings. The molecule has 1 rings (SSSR count). The van der Waals surface area contributed by atoms with Crippen LogP contribution in [0.4, 0.5) is 0 Å². The first kappa shape index (κ1) is 16.7. The van der Waals surface area contributed by atoms with E-state index in [2.05, 4.69) is 31.4 Å². The molecule has 3 atom stereocenters. The molecule has 102 valence electrons. The lowest BCUT2D eigenvalue weighted by molar-refractivity contribution is -0.127. The molecule has 1 amide bonds. The summed E-state index contributed by atoms with van der Waals surface area (Å²) in [6.45, 7) is 10.6. The van der Waals surface area contributed by atoms with E-state index in [4.69, 9.17) is 0 Å². The Morgan fingerprint density at radius 1 is 1.35 bits per heavy atom. The van der Waals surface area contributed by atoms with Gasteiger partial charge >= 0.3 is 0 Å². The van der Waals surface area contributed by atoms with Crippen LogP contribution in [0.1, 0.15) is 40.5 Å². The topological polar surface area (TPSA) is 41.1 Å². The molecule has 0 aromatic carbocycles. The van der Waals surface area contributed by atoms with Gasteiger partial charge in [0.05, 0.1) is 0 Å². The molecule has 1 aliphatic heterocycles. The van der Waals surface area contributed by atoms with E-state index in [0.29, 0.717) is 17.9 Å². The Hall–Kier alpha value is -0.280. The number of hydrogen-bond acceptors (Lipinski definition) is 2. The second kappa shape index (κ2) is 7.93. The summed E-state index contributed by atoms with van der Waals surface area (Å²) in [7, 11) is 0. The largest absolute Gasteiger partial charge is 0.353 e. The number of halogens is 1. The van der Waals surface area contributed by atoms with E-state index in [0.717, 1.165) is 19.5 Å². The van der Waals surface area contributed by atoms with Gasteiger partial charge in [0.2, 0.25) is 5.91 Å². The van der Waals surface area contributed by atoms with E-state index in [1.807, 2.05) is 6.92 Å². The first-order valence-electron chi connectivity index (χ1n) is 6.55. The Labute approximate surface area is 112 Å². The molecule has 1 fully saturated rings. The predicted octanol–water partition coefficient (Wildman–Crippen LogP) is 2.20. The van der Waals surface area contributed by atoms with Crippen LogP contribution in [0.5, 0.6) is 0 Å². The molecule has 0 bridgehead atoms. The van der Waals surface area contributed by atoms with Gasteiger partial charge in [0.25, 0.3) is 0 Å². The molecule has 3 nitrogen and oxygen atoms in total. The molecule has 3 unspecified atom stereocenters. The van der Waals surface area contributed by atoms with Crippen LogP contribution < -0.4 is 10.6 Å². The zero-order chi connectivity index (χ0) is 12.1. The Morgan fingerprint density at radius 2 is 1.94 bits per heavy atom. The minimum atomic E-state index is 0. The summed E-state index contributed by atoms with van der Waals surface area (Å²) in [5, 5.41) is 6.34. The minimum absolute atomic E-state index is 0. The third-order valence-electron chi connectivity index (χ3n) is 3.78. The number of carbonyl (C=O) groups is 1. The van der Waals surface area contributed by atoms with Gasteiger partial charge in [-0.25, -0.2) is 0 Å². The number of rotatable bonds is 6. The molecule has 1 heterocycles. The number of nitrogens with one attached hydrogen (secondary N) is 2. The van der Waals surface area contributed by atoms with Gasteiger partial charge in [-0.05, 0) is 38.3 Å². The average molecular weight is 263 g/mol. The zero-order valence-electron chi connectivity index (χ0n) is 11.5. The van der Waals surface area contributed by atoms with Crippen molar-refractivity contribution in [1.82, 2.24) is 10.6 Å². The molecule has 0 spiro atoms. The quantitative estimate of drug-likeness (QED) is 0.771. The van der Waals surface area contributed by atoms with Gasteiger partial charge < -0.3 is 10.6 Å². The van der Waals surface area contributed by atoms with Crippen LogP contribution in [0.15, 0.2) is 0 Å². The molecule has 0 radical (unpaired) electrons. The van der Waals surface area contributed by atoms with Crippen LogP contribution in [0.2, 0.25) is 0 Å². The number of carbonyl (C=O) groups excluding carboxylic acids is 1. The summed E-state index contributed by atoms with van der Waals surface area (Å²) in [6, 6.07) is 0.304. The molecule has 1 saturated heterocycles. The van der Waals surface area contributed by atoms with Crippen molar-refractivity contribution in [3.05, 3.63) is 0 Å². The van der Waals surface area contributed by atoms with Crippen molar-refractivity contribution in [1.29, 1.82) is 0 Å². The normalized spacial score (nSPS) is 20.7. The van der Waals surface area contributed by atoms with Gasteiger partial charge in [0, 0.05) is 12.0 Å². The second-order valence-corrected chi connectivity index (χ2v) is 5.37. The van der Waals surface area contributed by atoms with Gasteiger partial charge in [-0.2, -0.15) is 0 Å². The van der Waals surface area contributed by atoms with Crippen molar-refractivity contribution in [2.45, 2.75) is 46.6 Å². The smallest absolute Gasteiger partial charge is 0.223 e. The third-order valence-corrected chi connectivity index (χ3v) is 3.78. The summed E-state index contributed by atoms with van der Waals surface area (Å²) >= 11 is 0. The maximum atomic E-state index is 11.9. The van der Waals surface area contributed by atoms with Gasteiger partial charge in [0.15, 0.2) is 0 Å². The fourth-order valence-electron chi connectivity index (χ4n) is 2.08. The summed E-state index contributed by atoms with van der Waals surface area (Å²) < 4.78 is 0. The molecule has 17 heavy (non-hydrogen) atoms. The van der Waals surface area contributed by atoms with E-state index in [1.54, 1.807) is 0 Å². The number of hydrogen-bond donors (Lipinski definition) is 2. The fraction of sp³-hybridized carbons (Fsp3) is 0.923. The van der Waals surface area contributed by atoms with Crippen LogP contribution >= 0.6 is 12.4 Å². The van der Waals surface area contributed by atoms with E-state index >= 15 is 0 Å². The van der Waals surface area contributed by atoms with Crippen molar-refractivity contribution in [3.63, 3.8) is 0 Å². The standard InChI is InChI=1S/C13H26N2O.ClH/c1-5-9(2)6-10(3)15-13(16)11(4)12-7-14-8-12;/h9-12,14H,5-8H2,1-4H3,(H,15,16);1H. The highest BCUT2D eigenvalue weighted by molar-refractivity contribution is 5.85. The Bertz CT molecular complexity index is 231.